The highest BCUT2D eigenvalue weighted by Gasteiger charge is 2.31. The van der Waals surface area contributed by atoms with Gasteiger partial charge in [-0.3, -0.25) is 19.4 Å². The standard InChI is InChI=1S/C19H25N5O4S.C2H2O4/c25-18-6-3-7-19(26)24(18)12-13-29(27,28)23-10-8-22(9-11-23)14-17-20-15-4-1-2-5-16(15)21-17;3-1(4)2(5)6/h1-2,4-5H,3,6-14H2,(H,20,21);(H,3,4)(H,5,6). The number of piperazine rings is 1. The molecule has 35 heavy (non-hydrogen) atoms. The van der Waals surface area contributed by atoms with E-state index in [4.69, 9.17) is 19.8 Å². The van der Waals surface area contributed by atoms with Gasteiger partial charge in [-0.05, 0) is 18.6 Å². The van der Waals surface area contributed by atoms with Gasteiger partial charge < -0.3 is 15.2 Å². The number of hydrogen-bond donors (Lipinski definition) is 3. The van der Waals surface area contributed by atoms with Crippen LogP contribution in [-0.2, 0) is 35.7 Å². The van der Waals surface area contributed by atoms with Crippen LogP contribution in [0.3, 0.4) is 0 Å². The molecular weight excluding hydrogens is 482 g/mol. The average Bonchev–Trinajstić information content (AvgIpc) is 3.22. The zero-order valence-electron chi connectivity index (χ0n) is 18.9. The molecule has 3 heterocycles. The van der Waals surface area contributed by atoms with Gasteiger partial charge in [0, 0.05) is 45.6 Å². The van der Waals surface area contributed by atoms with E-state index in [0.29, 0.717) is 52.0 Å². The number of likely N-dealkylation sites (tertiary alicyclic amines) is 1. The molecule has 0 spiro atoms. The number of aromatic amines is 1. The number of para-hydroxylation sites is 2. The smallest absolute Gasteiger partial charge is 0.414 e. The van der Waals surface area contributed by atoms with Gasteiger partial charge in [0.1, 0.15) is 5.82 Å². The van der Waals surface area contributed by atoms with Crippen molar-refractivity contribution in [3.63, 3.8) is 0 Å². The number of nitrogens with one attached hydrogen (secondary N) is 1. The van der Waals surface area contributed by atoms with Crippen LogP contribution in [0, 0.1) is 0 Å². The minimum Gasteiger partial charge on any atom is -0.473 e. The fraction of sp³-hybridized carbons (Fsp3) is 0.476. The molecule has 13 nitrogen and oxygen atoms in total. The maximum atomic E-state index is 12.7. The van der Waals surface area contributed by atoms with Gasteiger partial charge in [-0.15, -0.1) is 0 Å². The zero-order valence-corrected chi connectivity index (χ0v) is 19.7. The van der Waals surface area contributed by atoms with Gasteiger partial charge in [0.05, 0.1) is 23.3 Å². The number of aliphatic carboxylic acids is 2. The van der Waals surface area contributed by atoms with Crippen molar-refractivity contribution in [1.29, 1.82) is 0 Å². The molecule has 14 heteroatoms. The molecule has 2 saturated heterocycles. The van der Waals surface area contributed by atoms with Crippen molar-refractivity contribution in [3.8, 4) is 0 Å². The number of imidazole rings is 1. The number of amides is 2. The Labute approximate surface area is 201 Å². The first-order valence-corrected chi connectivity index (χ1v) is 12.6. The highest BCUT2D eigenvalue weighted by molar-refractivity contribution is 7.89. The molecular formula is C21H27N5O8S. The van der Waals surface area contributed by atoms with Crippen LogP contribution in [0.1, 0.15) is 25.1 Å². The first-order chi connectivity index (χ1) is 16.6. The summed E-state index contributed by atoms with van der Waals surface area (Å²) < 4.78 is 26.8. The fourth-order valence-corrected chi connectivity index (χ4v) is 5.23. The van der Waals surface area contributed by atoms with Crippen LogP contribution in [0.5, 0.6) is 0 Å². The summed E-state index contributed by atoms with van der Waals surface area (Å²) in [5, 5.41) is 14.8. The number of carboxylic acids is 2. The molecule has 2 fully saturated rings. The minimum absolute atomic E-state index is 0.0564. The van der Waals surface area contributed by atoms with Crippen molar-refractivity contribution >= 4 is 44.8 Å². The van der Waals surface area contributed by atoms with Crippen LogP contribution in [0.4, 0.5) is 0 Å². The molecule has 0 saturated carbocycles. The average molecular weight is 510 g/mol. The van der Waals surface area contributed by atoms with E-state index in [2.05, 4.69) is 14.9 Å². The van der Waals surface area contributed by atoms with Crippen molar-refractivity contribution < 1.29 is 37.8 Å². The largest absolute Gasteiger partial charge is 0.473 e. The maximum absolute atomic E-state index is 12.7. The quantitative estimate of drug-likeness (QED) is 0.345. The van der Waals surface area contributed by atoms with Gasteiger partial charge in [-0.25, -0.2) is 23.0 Å². The summed E-state index contributed by atoms with van der Waals surface area (Å²) in [5.74, 6) is -3.54. The number of carbonyl (C=O) groups excluding carboxylic acids is 2. The second kappa shape index (κ2) is 11.4. The van der Waals surface area contributed by atoms with Crippen molar-refractivity contribution in [2.75, 3.05) is 38.5 Å². The number of rotatable bonds is 6. The van der Waals surface area contributed by atoms with Crippen LogP contribution in [0.2, 0.25) is 0 Å². The number of imide groups is 1. The van der Waals surface area contributed by atoms with Gasteiger partial charge in [-0.1, -0.05) is 12.1 Å². The number of carboxylic acid groups (broad SMARTS) is 2. The number of sulfonamides is 1. The molecule has 190 valence electrons. The molecule has 2 amide bonds. The van der Waals surface area contributed by atoms with Gasteiger partial charge in [0.15, 0.2) is 0 Å². The molecule has 2 aromatic rings. The van der Waals surface area contributed by atoms with Crippen molar-refractivity contribution in [3.05, 3.63) is 30.1 Å². The Bertz CT molecular complexity index is 1140. The highest BCUT2D eigenvalue weighted by Crippen LogP contribution is 2.16. The van der Waals surface area contributed by atoms with Gasteiger partial charge in [0.25, 0.3) is 0 Å². The number of fused-ring (bicyclic) bond motifs is 1. The van der Waals surface area contributed by atoms with Gasteiger partial charge in [0.2, 0.25) is 21.8 Å². The lowest BCUT2D eigenvalue weighted by Gasteiger charge is -2.34. The lowest BCUT2D eigenvalue weighted by atomic mass is 10.1. The second-order valence-corrected chi connectivity index (χ2v) is 10.2. The molecule has 2 aliphatic heterocycles. The molecule has 0 unspecified atom stereocenters. The summed E-state index contributed by atoms with van der Waals surface area (Å²) in [6, 6.07) is 7.84. The summed E-state index contributed by atoms with van der Waals surface area (Å²) in [6.45, 7) is 2.59. The molecule has 0 radical (unpaired) electrons. The summed E-state index contributed by atoms with van der Waals surface area (Å²) in [6.07, 6.45) is 1.17. The number of carbonyl (C=O) groups is 4. The molecule has 1 aromatic heterocycles. The third-order valence-corrected chi connectivity index (χ3v) is 7.53. The Kier molecular flexibility index (Phi) is 8.53. The van der Waals surface area contributed by atoms with Crippen LogP contribution < -0.4 is 0 Å². The number of piperidine rings is 1. The lowest BCUT2D eigenvalue weighted by molar-refractivity contribution is -0.159. The Morgan fingerprint density at radius 1 is 0.971 bits per heavy atom. The van der Waals surface area contributed by atoms with Crippen LogP contribution >= 0.6 is 0 Å². The van der Waals surface area contributed by atoms with Crippen LogP contribution in [0.15, 0.2) is 24.3 Å². The molecule has 2 aliphatic rings. The van der Waals surface area contributed by atoms with E-state index >= 15 is 0 Å². The Morgan fingerprint density at radius 3 is 2.14 bits per heavy atom. The lowest BCUT2D eigenvalue weighted by Crippen LogP contribution is -2.50. The van der Waals surface area contributed by atoms with E-state index in [9.17, 15) is 18.0 Å². The first-order valence-electron chi connectivity index (χ1n) is 11.0. The predicted molar refractivity (Wildman–Crippen MR) is 123 cm³/mol. The number of hydrogen-bond acceptors (Lipinski definition) is 8. The van der Waals surface area contributed by atoms with Crippen LogP contribution in [-0.4, -0.2) is 105 Å². The maximum Gasteiger partial charge on any atom is 0.414 e. The molecule has 0 atom stereocenters. The SMILES string of the molecule is O=C(O)C(=O)O.O=C1CCCC(=O)N1CCS(=O)(=O)N1CCN(Cc2nc3ccccc3[nH]2)CC1. The number of nitrogens with zero attached hydrogens (tertiary/aromatic N) is 4. The number of H-pyrrole nitrogens is 1. The van der Waals surface area contributed by atoms with Crippen molar-refractivity contribution in [1.82, 2.24) is 24.1 Å². The van der Waals surface area contributed by atoms with E-state index in [0.717, 1.165) is 21.8 Å². The predicted octanol–water partition coefficient (Wildman–Crippen LogP) is -0.295. The van der Waals surface area contributed by atoms with E-state index in [1.807, 2.05) is 24.3 Å². The first kappa shape index (κ1) is 26.2. The van der Waals surface area contributed by atoms with Gasteiger partial charge in [-0.2, -0.15) is 4.31 Å². The molecule has 4 rings (SSSR count). The third kappa shape index (κ3) is 7.07. The summed E-state index contributed by atoms with van der Waals surface area (Å²) in [7, 11) is -3.51. The Morgan fingerprint density at radius 2 is 1.57 bits per heavy atom. The zero-order chi connectivity index (χ0) is 25.6. The van der Waals surface area contributed by atoms with Crippen molar-refractivity contribution in [2.45, 2.75) is 25.8 Å². The number of aromatic nitrogens is 2. The molecule has 3 N–H and O–H groups in total. The fourth-order valence-electron chi connectivity index (χ4n) is 3.84. The summed E-state index contributed by atoms with van der Waals surface area (Å²) in [5.41, 5.74) is 1.91. The van der Waals surface area contributed by atoms with E-state index in [-0.39, 0.29) is 24.1 Å². The Balaban J connectivity index is 0.000000509. The highest BCUT2D eigenvalue weighted by atomic mass is 32.2. The van der Waals surface area contributed by atoms with E-state index in [1.54, 1.807) is 0 Å². The van der Waals surface area contributed by atoms with Gasteiger partial charge >= 0.3 is 11.9 Å². The third-order valence-electron chi connectivity index (χ3n) is 5.68. The number of benzene rings is 1. The second-order valence-electron chi connectivity index (χ2n) is 8.09. The van der Waals surface area contributed by atoms with E-state index < -0.39 is 22.0 Å². The summed E-state index contributed by atoms with van der Waals surface area (Å²) >= 11 is 0. The van der Waals surface area contributed by atoms with Crippen LogP contribution in [0.25, 0.3) is 11.0 Å². The molecule has 0 bridgehead atoms. The van der Waals surface area contributed by atoms with Crippen molar-refractivity contribution in [2.24, 2.45) is 0 Å². The molecule has 1 aromatic carbocycles. The minimum atomic E-state index is -3.51. The monoisotopic (exact) mass is 509 g/mol. The Hall–Kier alpha value is -3.36. The summed E-state index contributed by atoms with van der Waals surface area (Å²) in [4.78, 5) is 53.1. The topological polar surface area (TPSA) is 181 Å². The molecule has 0 aliphatic carbocycles. The normalized spacial score (nSPS) is 17.8. The van der Waals surface area contributed by atoms with E-state index in [1.165, 1.54) is 4.31 Å².